The van der Waals surface area contributed by atoms with Crippen LogP contribution in [0.4, 0.5) is 0 Å². The number of pyridine rings is 1. The van der Waals surface area contributed by atoms with E-state index >= 15 is 0 Å². The van der Waals surface area contributed by atoms with Crippen molar-refractivity contribution in [3.63, 3.8) is 0 Å². The molecule has 0 aliphatic heterocycles. The van der Waals surface area contributed by atoms with Gasteiger partial charge in [-0.2, -0.15) is 0 Å². The van der Waals surface area contributed by atoms with Gasteiger partial charge in [0.05, 0.1) is 22.1 Å². The molecule has 0 atom stereocenters. The fraction of sp³-hybridized carbons (Fsp3) is 0. The minimum Gasteiger partial charge on any atom is -0.316 e. The van der Waals surface area contributed by atoms with Crippen molar-refractivity contribution >= 4 is 54.4 Å². The zero-order valence-corrected chi connectivity index (χ0v) is 19.5. The van der Waals surface area contributed by atoms with Gasteiger partial charge in [0.1, 0.15) is 5.82 Å². The molecule has 8 aromatic rings. The quantitative estimate of drug-likeness (QED) is 0.254. The molecule has 0 saturated heterocycles. The molecular formula is C33H21N3. The van der Waals surface area contributed by atoms with Crippen LogP contribution in [0, 0.1) is 0 Å². The van der Waals surface area contributed by atoms with E-state index in [-0.39, 0.29) is 0 Å². The first-order valence-corrected chi connectivity index (χ1v) is 12.2. The van der Waals surface area contributed by atoms with Crippen LogP contribution in [0.3, 0.4) is 0 Å². The third kappa shape index (κ3) is 2.71. The van der Waals surface area contributed by atoms with E-state index in [1.54, 1.807) is 0 Å². The average molecular weight is 460 g/mol. The molecule has 0 aliphatic rings. The third-order valence-corrected chi connectivity index (χ3v) is 7.31. The van der Waals surface area contributed by atoms with Crippen molar-refractivity contribution < 1.29 is 0 Å². The predicted molar refractivity (Wildman–Crippen MR) is 150 cm³/mol. The largest absolute Gasteiger partial charge is 0.316 e. The number of hydrogen-bond donors (Lipinski definition) is 0. The number of nitrogens with zero attached hydrogens (tertiary/aromatic N) is 3. The highest BCUT2D eigenvalue weighted by molar-refractivity contribution is 6.23. The van der Waals surface area contributed by atoms with Crippen molar-refractivity contribution in [3.05, 3.63) is 128 Å². The molecule has 0 spiro atoms. The maximum absolute atomic E-state index is 5.10. The highest BCUT2D eigenvalue weighted by atomic mass is 15.1. The number of fused-ring (bicyclic) bond motifs is 7. The van der Waals surface area contributed by atoms with Gasteiger partial charge in [0.2, 0.25) is 0 Å². The minimum atomic E-state index is 0.932. The zero-order chi connectivity index (χ0) is 23.6. The van der Waals surface area contributed by atoms with E-state index in [0.717, 1.165) is 27.9 Å². The molecule has 8 rings (SSSR count). The van der Waals surface area contributed by atoms with Gasteiger partial charge in [0, 0.05) is 33.4 Å². The number of benzene rings is 5. The molecule has 36 heavy (non-hydrogen) atoms. The van der Waals surface area contributed by atoms with Gasteiger partial charge in [-0.25, -0.2) is 4.98 Å². The highest BCUT2D eigenvalue weighted by Crippen LogP contribution is 2.39. The summed E-state index contributed by atoms with van der Waals surface area (Å²) >= 11 is 0. The molecule has 5 aromatic carbocycles. The molecule has 3 nitrogen and oxygen atoms in total. The molecule has 0 bridgehead atoms. The molecule has 3 heterocycles. The lowest BCUT2D eigenvalue weighted by Gasteiger charge is -2.10. The molecule has 0 amide bonds. The Bertz CT molecular complexity index is 2100. The smallest absolute Gasteiger partial charge is 0.138 e. The first kappa shape index (κ1) is 19.4. The Kier molecular flexibility index (Phi) is 3.94. The van der Waals surface area contributed by atoms with Gasteiger partial charge in [-0.05, 0) is 65.4 Å². The first-order valence-electron chi connectivity index (χ1n) is 12.2. The molecule has 0 N–H and O–H groups in total. The van der Waals surface area contributed by atoms with Crippen LogP contribution in [0.1, 0.15) is 0 Å². The zero-order valence-electron chi connectivity index (χ0n) is 19.5. The summed E-state index contributed by atoms with van der Waals surface area (Å²) in [5.41, 5.74) is 5.67. The van der Waals surface area contributed by atoms with E-state index in [9.17, 15) is 0 Å². The van der Waals surface area contributed by atoms with E-state index in [1.165, 1.54) is 38.0 Å². The summed E-state index contributed by atoms with van der Waals surface area (Å²) < 4.78 is 4.59. The number of rotatable bonds is 2. The Morgan fingerprint density at radius 2 is 1.28 bits per heavy atom. The second kappa shape index (κ2) is 7.30. The van der Waals surface area contributed by atoms with Crippen LogP contribution in [0.25, 0.3) is 65.9 Å². The van der Waals surface area contributed by atoms with Crippen molar-refractivity contribution in [2.24, 2.45) is 0 Å². The third-order valence-electron chi connectivity index (χ3n) is 7.31. The van der Waals surface area contributed by atoms with E-state index < -0.39 is 0 Å². The highest BCUT2D eigenvalue weighted by Gasteiger charge is 2.18. The molecule has 0 saturated carbocycles. The molecule has 0 radical (unpaired) electrons. The Balaban J connectivity index is 1.54. The topological polar surface area (TPSA) is 22.8 Å². The average Bonchev–Trinajstić information content (AvgIpc) is 3.50. The summed E-state index contributed by atoms with van der Waals surface area (Å²) in [7, 11) is 0. The standard InChI is InChI=1S/C33H21N3/c1-2-10-25(11-3-1)35-19-18-24-20-27-31(21-30(24)35)36(32-17-15-23-9-5-7-13-28(23)34-32)29-16-14-22-8-4-6-12-26(22)33(27)29/h1-21H. The summed E-state index contributed by atoms with van der Waals surface area (Å²) in [6, 6.07) is 43.1. The second-order valence-corrected chi connectivity index (χ2v) is 9.33. The lowest BCUT2D eigenvalue weighted by atomic mass is 10.0. The van der Waals surface area contributed by atoms with E-state index in [1.807, 2.05) is 0 Å². The van der Waals surface area contributed by atoms with Crippen LogP contribution in [-0.2, 0) is 0 Å². The molecule has 0 fully saturated rings. The summed E-state index contributed by atoms with van der Waals surface area (Å²) in [4.78, 5) is 5.10. The van der Waals surface area contributed by atoms with Crippen LogP contribution in [0.2, 0.25) is 0 Å². The van der Waals surface area contributed by atoms with Gasteiger partial charge in [-0.3, -0.25) is 4.57 Å². The Morgan fingerprint density at radius 3 is 2.19 bits per heavy atom. The van der Waals surface area contributed by atoms with Crippen molar-refractivity contribution in [2.75, 3.05) is 0 Å². The molecular weight excluding hydrogens is 438 g/mol. The maximum Gasteiger partial charge on any atom is 0.138 e. The van der Waals surface area contributed by atoms with Gasteiger partial charge in [0.25, 0.3) is 0 Å². The lowest BCUT2D eigenvalue weighted by molar-refractivity contribution is 1.10. The monoisotopic (exact) mass is 459 g/mol. The van der Waals surface area contributed by atoms with Gasteiger partial charge in [0.15, 0.2) is 0 Å². The van der Waals surface area contributed by atoms with E-state index in [0.29, 0.717) is 0 Å². The van der Waals surface area contributed by atoms with Crippen molar-refractivity contribution in [1.82, 2.24) is 14.1 Å². The number of aromatic nitrogens is 3. The van der Waals surface area contributed by atoms with Crippen molar-refractivity contribution in [2.45, 2.75) is 0 Å². The summed E-state index contributed by atoms with van der Waals surface area (Å²) in [5, 5.41) is 7.40. The Labute approximate surface area is 207 Å². The molecule has 0 unspecified atom stereocenters. The fourth-order valence-corrected chi connectivity index (χ4v) is 5.66. The van der Waals surface area contributed by atoms with Crippen LogP contribution in [-0.4, -0.2) is 14.1 Å². The predicted octanol–water partition coefficient (Wildman–Crippen LogP) is 8.43. The SMILES string of the molecule is c1ccc(-n2ccc3cc4c5c6ccccc6ccc5n(-c5ccc6ccccc6n5)c4cc32)cc1. The molecule has 0 aliphatic carbocycles. The van der Waals surface area contributed by atoms with Gasteiger partial charge in [-0.15, -0.1) is 0 Å². The van der Waals surface area contributed by atoms with Crippen LogP contribution in [0.15, 0.2) is 128 Å². The number of hydrogen-bond acceptors (Lipinski definition) is 1. The van der Waals surface area contributed by atoms with Gasteiger partial charge in [-0.1, -0.05) is 66.7 Å². The molecule has 3 aromatic heterocycles. The van der Waals surface area contributed by atoms with Crippen LogP contribution < -0.4 is 0 Å². The Morgan fingerprint density at radius 1 is 0.500 bits per heavy atom. The Hall–Kier alpha value is -4.89. The summed E-state index contributed by atoms with van der Waals surface area (Å²) in [6.07, 6.45) is 2.16. The van der Waals surface area contributed by atoms with Crippen molar-refractivity contribution in [1.29, 1.82) is 0 Å². The maximum atomic E-state index is 5.10. The van der Waals surface area contributed by atoms with Crippen molar-refractivity contribution in [3.8, 4) is 11.5 Å². The lowest BCUT2D eigenvalue weighted by Crippen LogP contribution is -1.98. The normalized spacial score (nSPS) is 11.9. The minimum absolute atomic E-state index is 0.932. The van der Waals surface area contributed by atoms with E-state index in [4.69, 9.17) is 4.98 Å². The summed E-state index contributed by atoms with van der Waals surface area (Å²) in [5.74, 6) is 0.932. The van der Waals surface area contributed by atoms with E-state index in [2.05, 4.69) is 137 Å². The van der Waals surface area contributed by atoms with Crippen LogP contribution >= 0.6 is 0 Å². The van der Waals surface area contributed by atoms with Crippen LogP contribution in [0.5, 0.6) is 0 Å². The molecule has 3 heteroatoms. The number of para-hydroxylation sites is 2. The second-order valence-electron chi connectivity index (χ2n) is 9.33. The van der Waals surface area contributed by atoms with Gasteiger partial charge >= 0.3 is 0 Å². The summed E-state index contributed by atoms with van der Waals surface area (Å²) in [6.45, 7) is 0. The first-order chi connectivity index (χ1) is 17.8. The van der Waals surface area contributed by atoms with Gasteiger partial charge < -0.3 is 4.57 Å². The molecule has 168 valence electrons. The fourth-order valence-electron chi connectivity index (χ4n) is 5.66.